The highest BCUT2D eigenvalue weighted by Crippen LogP contribution is 2.43. The van der Waals surface area contributed by atoms with Crippen LogP contribution in [0.3, 0.4) is 0 Å². The van der Waals surface area contributed by atoms with Crippen molar-refractivity contribution in [2.75, 3.05) is 13.1 Å². The van der Waals surface area contributed by atoms with E-state index in [-0.39, 0.29) is 17.2 Å². The summed E-state index contributed by atoms with van der Waals surface area (Å²) in [5, 5.41) is 0. The van der Waals surface area contributed by atoms with E-state index in [0.29, 0.717) is 5.92 Å². The topological polar surface area (TPSA) is 38.5 Å². The quantitative estimate of drug-likeness (QED) is 0.830. The Kier molecular flexibility index (Phi) is 3.23. The Balaban J connectivity index is 1.69. The molecule has 3 heteroatoms. The van der Waals surface area contributed by atoms with Gasteiger partial charge in [0.05, 0.1) is 11.2 Å². The molecule has 3 nitrogen and oxygen atoms in total. The molecule has 0 bridgehead atoms. The van der Waals surface area contributed by atoms with Gasteiger partial charge in [-0.25, -0.2) is 0 Å². The summed E-state index contributed by atoms with van der Waals surface area (Å²) in [5.74, 6) is 1.41. The Labute approximate surface area is 117 Å². The van der Waals surface area contributed by atoms with E-state index in [0.717, 1.165) is 18.5 Å². The van der Waals surface area contributed by atoms with Gasteiger partial charge in [0.1, 0.15) is 0 Å². The fourth-order valence-corrected chi connectivity index (χ4v) is 3.77. The molecule has 2 N–H and O–H groups in total. The average Bonchev–Trinajstić information content (AvgIpc) is 3.11. The van der Waals surface area contributed by atoms with Crippen LogP contribution in [-0.4, -0.2) is 41.3 Å². The van der Waals surface area contributed by atoms with Gasteiger partial charge in [-0.2, -0.15) is 0 Å². The zero-order chi connectivity index (χ0) is 13.8. The summed E-state index contributed by atoms with van der Waals surface area (Å²) < 4.78 is 6.23. The molecule has 2 saturated carbocycles. The zero-order valence-electron chi connectivity index (χ0n) is 13.0. The van der Waals surface area contributed by atoms with Crippen molar-refractivity contribution < 1.29 is 4.74 Å². The van der Waals surface area contributed by atoms with E-state index in [1.807, 2.05) is 0 Å². The fraction of sp³-hybridized carbons (Fsp3) is 1.00. The van der Waals surface area contributed by atoms with Crippen LogP contribution in [0.1, 0.15) is 53.4 Å². The molecule has 2 atom stereocenters. The maximum absolute atomic E-state index is 6.50. The van der Waals surface area contributed by atoms with Crippen LogP contribution in [0.5, 0.6) is 0 Å². The van der Waals surface area contributed by atoms with Gasteiger partial charge in [-0.05, 0) is 59.3 Å². The second-order valence-electron chi connectivity index (χ2n) is 8.07. The Morgan fingerprint density at radius 2 is 1.63 bits per heavy atom. The highest BCUT2D eigenvalue weighted by atomic mass is 16.5. The molecule has 19 heavy (non-hydrogen) atoms. The van der Waals surface area contributed by atoms with Gasteiger partial charge in [0, 0.05) is 31.1 Å². The summed E-state index contributed by atoms with van der Waals surface area (Å²) in [7, 11) is 0. The predicted molar refractivity (Wildman–Crippen MR) is 78.0 cm³/mol. The molecule has 0 aromatic rings. The van der Waals surface area contributed by atoms with E-state index in [9.17, 15) is 0 Å². The highest BCUT2D eigenvalue weighted by molar-refractivity contribution is 5.05. The van der Waals surface area contributed by atoms with Crippen molar-refractivity contribution in [1.29, 1.82) is 0 Å². The summed E-state index contributed by atoms with van der Waals surface area (Å²) in [6, 6.07) is 0.982. The zero-order valence-corrected chi connectivity index (χ0v) is 13.0. The lowest BCUT2D eigenvalue weighted by molar-refractivity contribution is -0.0787. The van der Waals surface area contributed by atoms with E-state index in [2.05, 4.69) is 32.6 Å². The molecule has 0 aromatic heterocycles. The van der Waals surface area contributed by atoms with E-state index in [4.69, 9.17) is 10.5 Å². The van der Waals surface area contributed by atoms with Crippen LogP contribution >= 0.6 is 0 Å². The summed E-state index contributed by atoms with van der Waals surface area (Å²) >= 11 is 0. The number of nitrogens with two attached hydrogens (primary N) is 1. The van der Waals surface area contributed by atoms with Crippen molar-refractivity contribution in [3.05, 3.63) is 0 Å². The third-order valence-electron chi connectivity index (χ3n) is 5.34. The lowest BCUT2D eigenvalue weighted by Gasteiger charge is -2.33. The third kappa shape index (κ3) is 2.84. The second-order valence-corrected chi connectivity index (χ2v) is 8.07. The lowest BCUT2D eigenvalue weighted by Crippen LogP contribution is -2.49. The molecule has 3 rings (SSSR count). The van der Waals surface area contributed by atoms with E-state index >= 15 is 0 Å². The summed E-state index contributed by atoms with van der Waals surface area (Å²) in [4.78, 5) is 2.72. The molecule has 2 aliphatic carbocycles. The molecule has 110 valence electrons. The minimum absolute atomic E-state index is 0.0976. The van der Waals surface area contributed by atoms with Crippen LogP contribution in [0.4, 0.5) is 0 Å². The van der Waals surface area contributed by atoms with Crippen LogP contribution < -0.4 is 5.73 Å². The van der Waals surface area contributed by atoms with E-state index < -0.39 is 0 Å². The summed E-state index contributed by atoms with van der Waals surface area (Å²) in [6.07, 6.45) is 5.65. The molecule has 0 amide bonds. The molecule has 1 heterocycles. The van der Waals surface area contributed by atoms with Crippen molar-refractivity contribution in [3.63, 3.8) is 0 Å². The van der Waals surface area contributed by atoms with Crippen LogP contribution in [-0.2, 0) is 4.74 Å². The van der Waals surface area contributed by atoms with E-state index in [1.54, 1.807) is 0 Å². The minimum Gasteiger partial charge on any atom is -0.368 e. The first-order chi connectivity index (χ1) is 8.79. The van der Waals surface area contributed by atoms with Gasteiger partial charge in [0.15, 0.2) is 0 Å². The standard InChI is InChI=1S/C16H30N2O/c1-15(2)13(14(17)16(3,4)19-15)10-18(12-7-8-12)9-11-5-6-11/h11-14H,5-10,17H2,1-4H3. The maximum Gasteiger partial charge on any atom is 0.0788 e. The molecule has 0 radical (unpaired) electrons. The molecule has 1 aliphatic heterocycles. The smallest absolute Gasteiger partial charge is 0.0788 e. The Morgan fingerprint density at radius 3 is 2.05 bits per heavy atom. The van der Waals surface area contributed by atoms with Crippen LogP contribution in [0, 0.1) is 11.8 Å². The third-order valence-corrected chi connectivity index (χ3v) is 5.34. The fourth-order valence-electron chi connectivity index (χ4n) is 3.77. The molecular weight excluding hydrogens is 236 g/mol. The van der Waals surface area contributed by atoms with Gasteiger partial charge in [0.2, 0.25) is 0 Å². The second kappa shape index (κ2) is 4.44. The first-order valence-corrected chi connectivity index (χ1v) is 7.99. The van der Waals surface area contributed by atoms with Crippen molar-refractivity contribution >= 4 is 0 Å². The molecule has 0 spiro atoms. The summed E-state index contributed by atoms with van der Waals surface area (Å²) in [5.41, 5.74) is 6.21. The number of rotatable bonds is 5. The number of hydrogen-bond acceptors (Lipinski definition) is 3. The first-order valence-electron chi connectivity index (χ1n) is 7.99. The van der Waals surface area contributed by atoms with Crippen LogP contribution in [0.15, 0.2) is 0 Å². The normalized spacial score (nSPS) is 36.9. The van der Waals surface area contributed by atoms with Crippen molar-refractivity contribution in [1.82, 2.24) is 4.90 Å². The minimum atomic E-state index is -0.191. The summed E-state index contributed by atoms with van der Waals surface area (Å²) in [6.45, 7) is 11.1. The van der Waals surface area contributed by atoms with Crippen molar-refractivity contribution in [3.8, 4) is 0 Å². The lowest BCUT2D eigenvalue weighted by atomic mass is 9.82. The molecule has 2 unspecified atom stereocenters. The van der Waals surface area contributed by atoms with Crippen molar-refractivity contribution in [2.24, 2.45) is 17.6 Å². The van der Waals surface area contributed by atoms with Gasteiger partial charge < -0.3 is 10.5 Å². The molecular formula is C16H30N2O. The number of hydrogen-bond donors (Lipinski definition) is 1. The maximum atomic E-state index is 6.50. The average molecular weight is 266 g/mol. The monoisotopic (exact) mass is 266 g/mol. The Morgan fingerprint density at radius 1 is 1.00 bits per heavy atom. The number of ether oxygens (including phenoxy) is 1. The van der Waals surface area contributed by atoms with Gasteiger partial charge in [-0.1, -0.05) is 0 Å². The molecule has 3 fully saturated rings. The van der Waals surface area contributed by atoms with Crippen molar-refractivity contribution in [2.45, 2.75) is 76.7 Å². The molecule has 3 aliphatic rings. The Hall–Kier alpha value is -0.120. The molecule has 0 aromatic carbocycles. The van der Waals surface area contributed by atoms with Crippen LogP contribution in [0.2, 0.25) is 0 Å². The predicted octanol–water partition coefficient (Wildman–Crippen LogP) is 2.39. The van der Waals surface area contributed by atoms with Gasteiger partial charge >= 0.3 is 0 Å². The first kappa shape index (κ1) is 13.8. The number of nitrogens with zero attached hydrogens (tertiary/aromatic N) is 1. The highest BCUT2D eigenvalue weighted by Gasteiger charge is 2.53. The van der Waals surface area contributed by atoms with Gasteiger partial charge in [-0.15, -0.1) is 0 Å². The van der Waals surface area contributed by atoms with Gasteiger partial charge in [-0.3, -0.25) is 4.90 Å². The SMILES string of the molecule is CC1(C)OC(C)(C)C(CN(CC2CC2)C2CC2)C1N. The van der Waals surface area contributed by atoms with Gasteiger partial charge in [0.25, 0.3) is 0 Å². The Bertz CT molecular complexity index is 345. The van der Waals surface area contributed by atoms with Crippen LogP contribution in [0.25, 0.3) is 0 Å². The van der Waals surface area contributed by atoms with E-state index in [1.165, 1.54) is 32.2 Å². The largest absolute Gasteiger partial charge is 0.368 e. The molecule has 1 saturated heterocycles.